The number of likely N-dealkylation sites (tertiary alicyclic amines) is 2. The lowest BCUT2D eigenvalue weighted by molar-refractivity contribution is -0.137. The van der Waals surface area contributed by atoms with E-state index in [0.717, 1.165) is 18.6 Å². The zero-order valence-electron chi connectivity index (χ0n) is 20.8. The van der Waals surface area contributed by atoms with Gasteiger partial charge in [0.25, 0.3) is 5.91 Å². The number of benzene rings is 2. The van der Waals surface area contributed by atoms with Crippen LogP contribution in [0.4, 0.5) is 18.0 Å². The summed E-state index contributed by atoms with van der Waals surface area (Å²) in [7, 11) is 3.48. The summed E-state index contributed by atoms with van der Waals surface area (Å²) in [5.74, 6) is -0.170. The molecule has 8 nitrogen and oxygen atoms in total. The smallest absolute Gasteiger partial charge is 0.370 e. The molecule has 2 aromatic rings. The third-order valence-electron chi connectivity index (χ3n) is 7.33. The fourth-order valence-corrected chi connectivity index (χ4v) is 4.91. The first-order valence-corrected chi connectivity index (χ1v) is 12.1. The number of guanidine groups is 1. The number of alkyl halides is 3. The van der Waals surface area contributed by atoms with Gasteiger partial charge in [0.1, 0.15) is 0 Å². The largest absolute Gasteiger partial charge is 0.416 e. The maximum Gasteiger partial charge on any atom is 0.416 e. The van der Waals surface area contributed by atoms with Crippen molar-refractivity contribution in [3.05, 3.63) is 59.7 Å². The van der Waals surface area contributed by atoms with E-state index in [9.17, 15) is 22.8 Å². The molecule has 0 aliphatic carbocycles. The molecule has 2 aromatic carbocycles. The third-order valence-corrected chi connectivity index (χ3v) is 7.33. The van der Waals surface area contributed by atoms with Crippen molar-refractivity contribution < 1.29 is 22.8 Å². The van der Waals surface area contributed by atoms with E-state index in [1.165, 1.54) is 12.1 Å². The number of hydrogen-bond donors (Lipinski definition) is 2. The summed E-state index contributed by atoms with van der Waals surface area (Å²) in [6.07, 6.45) is -2.97. The SMILES string of the molecule is CN(C(=O)N1CC[C@H](N(C)C(=O)c2ccc(-c3ccc(C(F)(F)F)cc3)cc2)C1)C1CCN(C(=N)N)C1. The first-order valence-electron chi connectivity index (χ1n) is 12.1. The lowest BCUT2D eigenvalue weighted by atomic mass is 10.0. The Morgan fingerprint density at radius 3 is 1.86 bits per heavy atom. The van der Waals surface area contributed by atoms with E-state index >= 15 is 0 Å². The highest BCUT2D eigenvalue weighted by Gasteiger charge is 2.36. The van der Waals surface area contributed by atoms with Crippen LogP contribution < -0.4 is 5.73 Å². The molecular weight excluding hydrogens is 485 g/mol. The van der Waals surface area contributed by atoms with Crippen molar-refractivity contribution >= 4 is 17.9 Å². The molecule has 2 heterocycles. The fourth-order valence-electron chi connectivity index (χ4n) is 4.91. The van der Waals surface area contributed by atoms with Crippen LogP contribution in [-0.2, 0) is 6.18 Å². The monoisotopic (exact) mass is 516 g/mol. The summed E-state index contributed by atoms with van der Waals surface area (Å²) in [5.41, 5.74) is 6.66. The highest BCUT2D eigenvalue weighted by Crippen LogP contribution is 2.31. The number of nitrogens with two attached hydrogens (primary N) is 1. The van der Waals surface area contributed by atoms with E-state index in [4.69, 9.17) is 11.1 Å². The van der Waals surface area contributed by atoms with Gasteiger partial charge in [-0.25, -0.2) is 4.79 Å². The number of carbonyl (C=O) groups is 2. The van der Waals surface area contributed by atoms with Crippen LogP contribution in [0.1, 0.15) is 28.8 Å². The topological polar surface area (TPSA) is 97.0 Å². The average Bonchev–Trinajstić information content (AvgIpc) is 3.57. The first kappa shape index (κ1) is 26.3. The molecule has 198 valence electrons. The number of amides is 3. The van der Waals surface area contributed by atoms with Gasteiger partial charge in [-0.05, 0) is 48.2 Å². The van der Waals surface area contributed by atoms with Crippen LogP contribution in [0.25, 0.3) is 11.1 Å². The highest BCUT2D eigenvalue weighted by atomic mass is 19.4. The second kappa shape index (κ2) is 10.3. The van der Waals surface area contributed by atoms with Crippen LogP contribution in [0.2, 0.25) is 0 Å². The summed E-state index contributed by atoms with van der Waals surface area (Å²) in [4.78, 5) is 33.0. The van der Waals surface area contributed by atoms with Gasteiger partial charge in [0, 0.05) is 45.8 Å². The van der Waals surface area contributed by atoms with E-state index in [1.807, 2.05) is 0 Å². The molecule has 0 saturated carbocycles. The van der Waals surface area contributed by atoms with Crippen molar-refractivity contribution in [2.75, 3.05) is 40.3 Å². The summed E-state index contributed by atoms with van der Waals surface area (Å²) < 4.78 is 38.4. The standard InChI is InChI=1S/C26H31F3N6O2/c1-32(21-12-14-35(16-21)25(37)33(2)22-11-13-34(15-22)24(30)31)23(36)19-5-3-17(4-6-19)18-7-9-20(10-8-18)26(27,28)29/h3-10,21-22H,11-16H2,1-2H3,(H3,30,31)/t21-,22?/m0/s1. The third kappa shape index (κ3) is 5.65. The van der Waals surface area contributed by atoms with Crippen LogP contribution >= 0.6 is 0 Å². The Bertz CT molecular complexity index is 1150. The number of nitrogens with zero attached hydrogens (tertiary/aromatic N) is 4. The molecule has 0 bridgehead atoms. The molecule has 1 unspecified atom stereocenters. The van der Waals surface area contributed by atoms with Crippen LogP contribution in [0.5, 0.6) is 0 Å². The first-order chi connectivity index (χ1) is 17.5. The van der Waals surface area contributed by atoms with Gasteiger partial charge in [-0.15, -0.1) is 0 Å². The number of likely N-dealkylation sites (N-methyl/N-ethyl adjacent to an activating group) is 2. The molecule has 2 aliphatic heterocycles. The van der Waals surface area contributed by atoms with Crippen LogP contribution in [-0.4, -0.2) is 89.9 Å². The molecule has 3 N–H and O–H groups in total. The van der Waals surface area contributed by atoms with Gasteiger partial charge in [-0.2, -0.15) is 13.2 Å². The van der Waals surface area contributed by atoms with E-state index in [1.54, 1.807) is 58.0 Å². The number of carbonyl (C=O) groups excluding carboxylic acids is 2. The molecule has 11 heteroatoms. The van der Waals surface area contributed by atoms with Gasteiger partial charge in [-0.1, -0.05) is 24.3 Å². The molecule has 0 radical (unpaired) electrons. The minimum atomic E-state index is -4.39. The average molecular weight is 517 g/mol. The minimum Gasteiger partial charge on any atom is -0.370 e. The van der Waals surface area contributed by atoms with Gasteiger partial charge < -0.3 is 25.3 Å². The Morgan fingerprint density at radius 1 is 0.865 bits per heavy atom. The van der Waals surface area contributed by atoms with Crippen molar-refractivity contribution in [3.63, 3.8) is 0 Å². The predicted molar refractivity (Wildman–Crippen MR) is 134 cm³/mol. The normalized spacial score (nSPS) is 19.7. The van der Waals surface area contributed by atoms with Crippen molar-refractivity contribution in [3.8, 4) is 11.1 Å². The van der Waals surface area contributed by atoms with E-state index in [0.29, 0.717) is 49.3 Å². The lowest BCUT2D eigenvalue weighted by Gasteiger charge is -2.30. The molecule has 2 saturated heterocycles. The number of halogens is 3. The van der Waals surface area contributed by atoms with E-state index < -0.39 is 11.7 Å². The van der Waals surface area contributed by atoms with Gasteiger partial charge in [0.05, 0.1) is 17.6 Å². The van der Waals surface area contributed by atoms with Crippen molar-refractivity contribution in [2.24, 2.45) is 5.73 Å². The highest BCUT2D eigenvalue weighted by molar-refractivity contribution is 5.95. The van der Waals surface area contributed by atoms with Crippen LogP contribution in [0.3, 0.4) is 0 Å². The maximum atomic E-state index is 13.1. The molecule has 4 rings (SSSR count). The van der Waals surface area contributed by atoms with Crippen molar-refractivity contribution in [1.82, 2.24) is 19.6 Å². The van der Waals surface area contributed by atoms with E-state index in [2.05, 4.69) is 0 Å². The van der Waals surface area contributed by atoms with Gasteiger partial charge >= 0.3 is 12.2 Å². The number of nitrogens with one attached hydrogen (secondary N) is 1. The minimum absolute atomic E-state index is 0.0112. The summed E-state index contributed by atoms with van der Waals surface area (Å²) in [5, 5.41) is 7.58. The number of urea groups is 1. The second-order valence-electron chi connectivity index (χ2n) is 9.62. The summed E-state index contributed by atoms with van der Waals surface area (Å²) in [6, 6.07) is 11.4. The molecule has 2 atom stereocenters. The Balaban J connectivity index is 1.34. The molecule has 0 spiro atoms. The molecule has 3 amide bonds. The molecule has 2 fully saturated rings. The van der Waals surface area contributed by atoms with Crippen LogP contribution in [0, 0.1) is 5.41 Å². The van der Waals surface area contributed by atoms with Crippen molar-refractivity contribution in [1.29, 1.82) is 5.41 Å². The van der Waals surface area contributed by atoms with Crippen LogP contribution in [0.15, 0.2) is 48.5 Å². The van der Waals surface area contributed by atoms with Gasteiger partial charge in [0.15, 0.2) is 5.96 Å². The zero-order chi connectivity index (χ0) is 26.9. The van der Waals surface area contributed by atoms with Crippen molar-refractivity contribution in [2.45, 2.75) is 31.1 Å². The maximum absolute atomic E-state index is 13.1. The Kier molecular flexibility index (Phi) is 7.33. The summed E-state index contributed by atoms with van der Waals surface area (Å²) >= 11 is 0. The quantitative estimate of drug-likeness (QED) is 0.480. The molecule has 2 aliphatic rings. The lowest BCUT2D eigenvalue weighted by Crippen LogP contribution is -2.48. The Morgan fingerprint density at radius 2 is 1.35 bits per heavy atom. The Hall–Kier alpha value is -3.76. The number of hydrogen-bond acceptors (Lipinski definition) is 3. The van der Waals surface area contributed by atoms with Gasteiger partial charge in [0.2, 0.25) is 0 Å². The number of rotatable bonds is 4. The summed E-state index contributed by atoms with van der Waals surface area (Å²) in [6.45, 7) is 2.16. The fraction of sp³-hybridized carbons (Fsp3) is 0.423. The predicted octanol–water partition coefficient (Wildman–Crippen LogP) is 3.54. The molecule has 0 aromatic heterocycles. The Labute approximate surface area is 213 Å². The van der Waals surface area contributed by atoms with E-state index in [-0.39, 0.29) is 30.0 Å². The molecular formula is C26H31F3N6O2. The molecule has 37 heavy (non-hydrogen) atoms. The zero-order valence-corrected chi connectivity index (χ0v) is 20.8. The second-order valence-corrected chi connectivity index (χ2v) is 9.62. The van der Waals surface area contributed by atoms with Gasteiger partial charge in [-0.3, -0.25) is 10.2 Å².